The van der Waals surface area contributed by atoms with E-state index in [2.05, 4.69) is 33.9 Å². The van der Waals surface area contributed by atoms with Gasteiger partial charge in [0, 0.05) is 6.61 Å². The number of ether oxygens (including phenoxy) is 2. The van der Waals surface area contributed by atoms with E-state index in [9.17, 15) is 0 Å². The van der Waals surface area contributed by atoms with E-state index in [-0.39, 0.29) is 17.4 Å². The van der Waals surface area contributed by atoms with Gasteiger partial charge >= 0.3 is 0 Å². The molecule has 4 heteroatoms. The molecule has 1 heterocycles. The molecule has 0 aromatic carbocycles. The molecule has 3 nitrogen and oxygen atoms in total. The first-order valence-corrected chi connectivity index (χ1v) is 10.1. The van der Waals surface area contributed by atoms with Crippen LogP contribution >= 0.6 is 0 Å². The highest BCUT2D eigenvalue weighted by atomic mass is 28.4. The van der Waals surface area contributed by atoms with E-state index in [1.165, 1.54) is 6.42 Å². The van der Waals surface area contributed by atoms with Gasteiger partial charge in [0.1, 0.15) is 0 Å². The average molecular weight is 274 g/mol. The Hall–Kier alpha value is 0.0969. The molecule has 1 fully saturated rings. The minimum absolute atomic E-state index is 0.0169. The van der Waals surface area contributed by atoms with Crippen molar-refractivity contribution in [3.63, 3.8) is 0 Å². The monoisotopic (exact) mass is 274 g/mol. The smallest absolute Gasteiger partial charge is 0.192 e. The third kappa shape index (κ3) is 4.65. The molecule has 2 atom stereocenters. The first-order valence-electron chi connectivity index (χ1n) is 7.17. The number of rotatable bonds is 5. The highest BCUT2D eigenvalue weighted by molar-refractivity contribution is 6.74. The summed E-state index contributed by atoms with van der Waals surface area (Å²) in [4.78, 5) is 0. The van der Waals surface area contributed by atoms with Gasteiger partial charge in [-0.15, -0.1) is 0 Å². The van der Waals surface area contributed by atoms with Crippen LogP contribution in [-0.4, -0.2) is 33.9 Å². The van der Waals surface area contributed by atoms with Crippen LogP contribution in [0.1, 0.15) is 47.0 Å². The lowest BCUT2D eigenvalue weighted by atomic mass is 10.1. The molecule has 0 aromatic rings. The second kappa shape index (κ2) is 6.50. The van der Waals surface area contributed by atoms with Crippen LogP contribution < -0.4 is 0 Å². The van der Waals surface area contributed by atoms with Crippen molar-refractivity contribution in [3.05, 3.63) is 0 Å². The van der Waals surface area contributed by atoms with Gasteiger partial charge in [-0.25, -0.2) is 0 Å². The molecule has 1 unspecified atom stereocenters. The molecule has 0 aliphatic carbocycles. The quantitative estimate of drug-likeness (QED) is 0.711. The van der Waals surface area contributed by atoms with Crippen molar-refractivity contribution in [1.29, 1.82) is 0 Å². The summed E-state index contributed by atoms with van der Waals surface area (Å²) in [5.41, 5.74) is 0. The SMILES string of the molecule is CCOC1CCC[C@@H](CO[Si](C)(C)C(C)(C)C)O1. The van der Waals surface area contributed by atoms with Crippen molar-refractivity contribution >= 4 is 8.32 Å². The van der Waals surface area contributed by atoms with E-state index in [1.54, 1.807) is 0 Å². The van der Waals surface area contributed by atoms with Gasteiger partial charge in [-0.3, -0.25) is 0 Å². The highest BCUT2D eigenvalue weighted by Gasteiger charge is 2.38. The Morgan fingerprint density at radius 2 is 1.89 bits per heavy atom. The normalized spacial score (nSPS) is 26.3. The molecule has 0 N–H and O–H groups in total. The van der Waals surface area contributed by atoms with E-state index in [4.69, 9.17) is 13.9 Å². The zero-order valence-corrected chi connectivity index (χ0v) is 13.9. The summed E-state index contributed by atoms with van der Waals surface area (Å²) in [6.45, 7) is 14.8. The van der Waals surface area contributed by atoms with Gasteiger partial charge in [0.15, 0.2) is 14.6 Å². The zero-order valence-electron chi connectivity index (χ0n) is 12.9. The minimum Gasteiger partial charge on any atom is -0.414 e. The van der Waals surface area contributed by atoms with Crippen molar-refractivity contribution < 1.29 is 13.9 Å². The third-order valence-corrected chi connectivity index (χ3v) is 8.60. The van der Waals surface area contributed by atoms with Crippen LogP contribution in [0.3, 0.4) is 0 Å². The summed E-state index contributed by atoms with van der Waals surface area (Å²) in [6, 6.07) is 0. The topological polar surface area (TPSA) is 27.7 Å². The van der Waals surface area contributed by atoms with Gasteiger partial charge in [0.05, 0.1) is 12.7 Å². The van der Waals surface area contributed by atoms with Crippen LogP contribution in [0.4, 0.5) is 0 Å². The largest absolute Gasteiger partial charge is 0.414 e. The Labute approximate surface area is 113 Å². The number of hydrogen-bond donors (Lipinski definition) is 0. The molecule has 0 spiro atoms. The lowest BCUT2D eigenvalue weighted by Crippen LogP contribution is -2.44. The molecule has 1 aliphatic rings. The molecule has 0 aromatic heterocycles. The van der Waals surface area contributed by atoms with E-state index in [1.807, 2.05) is 6.92 Å². The van der Waals surface area contributed by atoms with E-state index >= 15 is 0 Å². The summed E-state index contributed by atoms with van der Waals surface area (Å²) >= 11 is 0. The van der Waals surface area contributed by atoms with Crippen LogP contribution in [0.5, 0.6) is 0 Å². The van der Waals surface area contributed by atoms with Crippen molar-refractivity contribution in [2.75, 3.05) is 13.2 Å². The fourth-order valence-electron chi connectivity index (χ4n) is 1.81. The highest BCUT2D eigenvalue weighted by Crippen LogP contribution is 2.37. The second-order valence-electron chi connectivity index (χ2n) is 6.65. The summed E-state index contributed by atoms with van der Waals surface area (Å²) in [6.07, 6.45) is 3.49. The van der Waals surface area contributed by atoms with Gasteiger partial charge in [0.25, 0.3) is 0 Å². The molecule has 1 saturated heterocycles. The lowest BCUT2D eigenvalue weighted by molar-refractivity contribution is -0.197. The van der Waals surface area contributed by atoms with Crippen LogP contribution in [-0.2, 0) is 13.9 Å². The van der Waals surface area contributed by atoms with Crippen LogP contribution in [0.2, 0.25) is 18.1 Å². The maximum absolute atomic E-state index is 6.22. The maximum Gasteiger partial charge on any atom is 0.192 e. The predicted molar refractivity (Wildman–Crippen MR) is 77.3 cm³/mol. The molecule has 0 amide bonds. The fourth-order valence-corrected chi connectivity index (χ4v) is 2.85. The van der Waals surface area contributed by atoms with Gasteiger partial charge in [0.2, 0.25) is 0 Å². The van der Waals surface area contributed by atoms with Gasteiger partial charge < -0.3 is 13.9 Å². The molecular formula is C14H30O3Si. The third-order valence-electron chi connectivity index (χ3n) is 4.10. The molecule has 1 rings (SSSR count). The Bertz CT molecular complexity index is 246. The van der Waals surface area contributed by atoms with Crippen LogP contribution in [0.15, 0.2) is 0 Å². The molecule has 1 aliphatic heterocycles. The molecule has 108 valence electrons. The summed E-state index contributed by atoms with van der Waals surface area (Å²) in [5.74, 6) is 0. The first-order chi connectivity index (χ1) is 8.26. The number of hydrogen-bond acceptors (Lipinski definition) is 3. The lowest BCUT2D eigenvalue weighted by Gasteiger charge is -2.38. The molecule has 0 radical (unpaired) electrons. The molecule has 18 heavy (non-hydrogen) atoms. The van der Waals surface area contributed by atoms with E-state index in [0.29, 0.717) is 0 Å². The van der Waals surface area contributed by atoms with Gasteiger partial charge in [-0.1, -0.05) is 20.8 Å². The Morgan fingerprint density at radius 1 is 1.22 bits per heavy atom. The van der Waals surface area contributed by atoms with Crippen molar-refractivity contribution in [1.82, 2.24) is 0 Å². The molecule has 0 bridgehead atoms. The van der Waals surface area contributed by atoms with Crippen LogP contribution in [0.25, 0.3) is 0 Å². The summed E-state index contributed by atoms with van der Waals surface area (Å²) in [5, 5.41) is 0.265. The average Bonchev–Trinajstić information content (AvgIpc) is 2.26. The van der Waals surface area contributed by atoms with Crippen molar-refractivity contribution in [3.8, 4) is 0 Å². The zero-order chi connectivity index (χ0) is 13.8. The van der Waals surface area contributed by atoms with Crippen molar-refractivity contribution in [2.24, 2.45) is 0 Å². The second-order valence-corrected chi connectivity index (χ2v) is 11.5. The van der Waals surface area contributed by atoms with E-state index < -0.39 is 8.32 Å². The van der Waals surface area contributed by atoms with Crippen molar-refractivity contribution in [2.45, 2.75) is 77.5 Å². The maximum atomic E-state index is 6.22. The standard InChI is InChI=1S/C14H30O3Si/c1-7-15-13-10-8-9-12(17-13)11-16-18(5,6)14(2,3)4/h12-13H,7-11H2,1-6H3/t12-,13?/m0/s1. The summed E-state index contributed by atoms with van der Waals surface area (Å²) in [7, 11) is -1.65. The Morgan fingerprint density at radius 3 is 2.44 bits per heavy atom. The first kappa shape index (κ1) is 16.2. The summed E-state index contributed by atoms with van der Waals surface area (Å²) < 4.78 is 17.7. The molecule has 0 saturated carbocycles. The minimum atomic E-state index is -1.65. The van der Waals surface area contributed by atoms with Crippen LogP contribution in [0, 0.1) is 0 Å². The predicted octanol–water partition coefficient (Wildman–Crippen LogP) is 3.94. The Balaban J connectivity index is 2.39. The van der Waals surface area contributed by atoms with Gasteiger partial charge in [-0.2, -0.15) is 0 Å². The van der Waals surface area contributed by atoms with Gasteiger partial charge in [-0.05, 0) is 44.3 Å². The fraction of sp³-hybridized carbons (Fsp3) is 1.00. The Kier molecular flexibility index (Phi) is 5.84. The van der Waals surface area contributed by atoms with E-state index in [0.717, 1.165) is 26.1 Å². The molecular weight excluding hydrogens is 244 g/mol.